The summed E-state index contributed by atoms with van der Waals surface area (Å²) < 4.78 is 0. The summed E-state index contributed by atoms with van der Waals surface area (Å²) in [5, 5.41) is 12.3. The summed E-state index contributed by atoms with van der Waals surface area (Å²) in [4.78, 5) is 0. The van der Waals surface area contributed by atoms with Crippen molar-refractivity contribution in [1.29, 1.82) is 0 Å². The molecule has 0 aliphatic rings. The summed E-state index contributed by atoms with van der Waals surface area (Å²) in [6.07, 6.45) is 8.83. The maximum Gasteiger partial charge on any atom is 0.0445 e. The van der Waals surface area contributed by atoms with Crippen molar-refractivity contribution in [2.24, 2.45) is 0 Å². The molecule has 1 unspecified atom stereocenters. The zero-order valence-corrected chi connectivity index (χ0v) is 9.89. The monoisotopic (exact) mass is 201 g/mol. The fourth-order valence-electron chi connectivity index (χ4n) is 1.79. The van der Waals surface area contributed by atoms with Crippen LogP contribution in [0.1, 0.15) is 58.8 Å². The molecule has 86 valence electrons. The van der Waals surface area contributed by atoms with Crippen LogP contribution in [0, 0.1) is 0 Å². The van der Waals surface area contributed by atoms with Gasteiger partial charge in [0.15, 0.2) is 0 Å². The van der Waals surface area contributed by atoms with E-state index in [4.69, 9.17) is 5.11 Å². The van der Waals surface area contributed by atoms with Gasteiger partial charge in [-0.15, -0.1) is 0 Å². The maximum absolute atomic E-state index is 8.86. The Balaban J connectivity index is 3.30. The Kier molecular flexibility index (Phi) is 10.9. The molecule has 0 radical (unpaired) electrons. The molecule has 0 aliphatic carbocycles. The quantitative estimate of drug-likeness (QED) is 0.533. The molecule has 0 heterocycles. The highest BCUT2D eigenvalue weighted by Gasteiger charge is 2.05. The van der Waals surface area contributed by atoms with Crippen LogP contribution in [0.5, 0.6) is 0 Å². The highest BCUT2D eigenvalue weighted by atomic mass is 16.3. The van der Waals surface area contributed by atoms with Gasteiger partial charge in [0.25, 0.3) is 0 Å². The third-order valence-electron chi connectivity index (χ3n) is 2.63. The van der Waals surface area contributed by atoms with Gasteiger partial charge < -0.3 is 10.4 Å². The maximum atomic E-state index is 8.86. The standard InChI is InChI=1S/C12H27NO/c1-3-5-6-7-8-9-12(10-11-14)13-4-2/h12-14H,3-11H2,1-2H3. The molecule has 0 aliphatic heterocycles. The minimum Gasteiger partial charge on any atom is -0.396 e. The molecule has 1 atom stereocenters. The highest BCUT2D eigenvalue weighted by Crippen LogP contribution is 2.08. The van der Waals surface area contributed by atoms with Crippen LogP contribution in [0.25, 0.3) is 0 Å². The summed E-state index contributed by atoms with van der Waals surface area (Å²) >= 11 is 0. The fraction of sp³-hybridized carbons (Fsp3) is 1.00. The number of unbranched alkanes of at least 4 members (excludes halogenated alkanes) is 4. The Morgan fingerprint density at radius 3 is 2.29 bits per heavy atom. The van der Waals surface area contributed by atoms with Gasteiger partial charge in [-0.25, -0.2) is 0 Å². The fourth-order valence-corrected chi connectivity index (χ4v) is 1.79. The van der Waals surface area contributed by atoms with Crippen LogP contribution in [-0.4, -0.2) is 24.3 Å². The number of hydrogen-bond acceptors (Lipinski definition) is 2. The summed E-state index contributed by atoms with van der Waals surface area (Å²) in [5.74, 6) is 0. The van der Waals surface area contributed by atoms with Gasteiger partial charge in [0, 0.05) is 12.6 Å². The van der Waals surface area contributed by atoms with Crippen molar-refractivity contribution in [2.75, 3.05) is 13.2 Å². The van der Waals surface area contributed by atoms with Crippen molar-refractivity contribution in [2.45, 2.75) is 64.8 Å². The Labute approximate surface area is 89.1 Å². The predicted molar refractivity (Wildman–Crippen MR) is 62.5 cm³/mol. The average Bonchev–Trinajstić information content (AvgIpc) is 2.18. The van der Waals surface area contributed by atoms with Crippen LogP contribution >= 0.6 is 0 Å². The molecule has 2 nitrogen and oxygen atoms in total. The van der Waals surface area contributed by atoms with E-state index in [1.807, 2.05) is 0 Å². The van der Waals surface area contributed by atoms with E-state index in [1.165, 1.54) is 38.5 Å². The Bertz CT molecular complexity index is 100. The second kappa shape index (κ2) is 11.0. The lowest BCUT2D eigenvalue weighted by Crippen LogP contribution is -2.29. The number of nitrogens with one attached hydrogen (secondary N) is 1. The number of aliphatic hydroxyl groups is 1. The lowest BCUT2D eigenvalue weighted by Gasteiger charge is -2.16. The first-order chi connectivity index (χ1) is 6.85. The number of rotatable bonds is 10. The van der Waals surface area contributed by atoms with Gasteiger partial charge in [0.1, 0.15) is 0 Å². The Morgan fingerprint density at radius 1 is 1.00 bits per heavy atom. The molecule has 0 rings (SSSR count). The van der Waals surface area contributed by atoms with E-state index in [0.29, 0.717) is 12.6 Å². The molecular formula is C12H27NO. The smallest absolute Gasteiger partial charge is 0.0445 e. The first-order valence-corrected chi connectivity index (χ1v) is 6.19. The minimum absolute atomic E-state index is 0.312. The van der Waals surface area contributed by atoms with Crippen LogP contribution in [0.4, 0.5) is 0 Å². The van der Waals surface area contributed by atoms with E-state index in [2.05, 4.69) is 19.2 Å². The van der Waals surface area contributed by atoms with E-state index in [9.17, 15) is 0 Å². The molecule has 0 saturated heterocycles. The van der Waals surface area contributed by atoms with Crippen LogP contribution in [-0.2, 0) is 0 Å². The SMILES string of the molecule is CCCCCCCC(CCO)NCC. The number of aliphatic hydroxyl groups excluding tert-OH is 1. The molecule has 0 spiro atoms. The molecule has 0 aromatic heterocycles. The van der Waals surface area contributed by atoms with Crippen LogP contribution in [0.2, 0.25) is 0 Å². The summed E-state index contributed by atoms with van der Waals surface area (Å²) in [6.45, 7) is 5.70. The minimum atomic E-state index is 0.312. The molecule has 0 saturated carbocycles. The molecule has 0 amide bonds. The molecule has 2 N–H and O–H groups in total. The zero-order valence-electron chi connectivity index (χ0n) is 9.89. The molecule has 14 heavy (non-hydrogen) atoms. The van der Waals surface area contributed by atoms with Crippen molar-refractivity contribution in [3.63, 3.8) is 0 Å². The van der Waals surface area contributed by atoms with E-state index < -0.39 is 0 Å². The molecule has 0 fully saturated rings. The second-order valence-electron chi connectivity index (χ2n) is 3.97. The topological polar surface area (TPSA) is 32.3 Å². The van der Waals surface area contributed by atoms with Gasteiger partial charge in [-0.1, -0.05) is 46.0 Å². The van der Waals surface area contributed by atoms with Gasteiger partial charge >= 0.3 is 0 Å². The highest BCUT2D eigenvalue weighted by molar-refractivity contribution is 4.65. The van der Waals surface area contributed by atoms with Crippen LogP contribution in [0.15, 0.2) is 0 Å². The molecule has 0 aromatic carbocycles. The van der Waals surface area contributed by atoms with Gasteiger partial charge in [-0.3, -0.25) is 0 Å². The second-order valence-corrected chi connectivity index (χ2v) is 3.97. The number of hydrogen-bond donors (Lipinski definition) is 2. The van der Waals surface area contributed by atoms with Crippen molar-refractivity contribution < 1.29 is 5.11 Å². The van der Waals surface area contributed by atoms with Crippen LogP contribution < -0.4 is 5.32 Å². The largest absolute Gasteiger partial charge is 0.396 e. The molecular weight excluding hydrogens is 174 g/mol. The normalized spacial score (nSPS) is 13.1. The van der Waals surface area contributed by atoms with Crippen molar-refractivity contribution >= 4 is 0 Å². The van der Waals surface area contributed by atoms with Crippen LogP contribution in [0.3, 0.4) is 0 Å². The zero-order chi connectivity index (χ0) is 10.6. The summed E-state index contributed by atoms with van der Waals surface area (Å²) in [5.41, 5.74) is 0. The first-order valence-electron chi connectivity index (χ1n) is 6.19. The van der Waals surface area contributed by atoms with Crippen molar-refractivity contribution in [1.82, 2.24) is 5.32 Å². The van der Waals surface area contributed by atoms with E-state index in [0.717, 1.165) is 13.0 Å². The molecule has 0 bridgehead atoms. The van der Waals surface area contributed by atoms with Gasteiger partial charge in [-0.2, -0.15) is 0 Å². The van der Waals surface area contributed by atoms with E-state index in [-0.39, 0.29) is 0 Å². The van der Waals surface area contributed by atoms with Gasteiger partial charge in [-0.05, 0) is 19.4 Å². The molecule has 0 aromatic rings. The Morgan fingerprint density at radius 2 is 1.71 bits per heavy atom. The third-order valence-corrected chi connectivity index (χ3v) is 2.63. The van der Waals surface area contributed by atoms with E-state index in [1.54, 1.807) is 0 Å². The van der Waals surface area contributed by atoms with Crippen molar-refractivity contribution in [3.8, 4) is 0 Å². The Hall–Kier alpha value is -0.0800. The predicted octanol–water partition coefficient (Wildman–Crippen LogP) is 2.71. The summed E-state index contributed by atoms with van der Waals surface area (Å²) in [6, 6.07) is 0.534. The van der Waals surface area contributed by atoms with Gasteiger partial charge in [0.2, 0.25) is 0 Å². The average molecular weight is 201 g/mol. The third kappa shape index (κ3) is 8.52. The summed E-state index contributed by atoms with van der Waals surface area (Å²) in [7, 11) is 0. The van der Waals surface area contributed by atoms with Crippen molar-refractivity contribution in [3.05, 3.63) is 0 Å². The van der Waals surface area contributed by atoms with Gasteiger partial charge in [0.05, 0.1) is 0 Å². The lowest BCUT2D eigenvalue weighted by molar-refractivity contribution is 0.260. The molecule has 2 heteroatoms. The lowest BCUT2D eigenvalue weighted by atomic mass is 10.0. The van der Waals surface area contributed by atoms with E-state index >= 15 is 0 Å². The first kappa shape index (κ1) is 13.9.